The van der Waals surface area contributed by atoms with Gasteiger partial charge in [-0.25, -0.2) is 4.98 Å². The number of aromatic nitrogens is 4. The van der Waals surface area contributed by atoms with Crippen LogP contribution in [0.4, 0.5) is 0 Å². The molecule has 0 radical (unpaired) electrons. The van der Waals surface area contributed by atoms with Crippen LogP contribution < -0.4 is 5.56 Å². The van der Waals surface area contributed by atoms with Gasteiger partial charge < -0.3 is 9.13 Å². The molecule has 0 saturated heterocycles. The van der Waals surface area contributed by atoms with E-state index in [1.807, 2.05) is 34.7 Å². The van der Waals surface area contributed by atoms with Gasteiger partial charge in [-0.3, -0.25) is 9.20 Å². The Morgan fingerprint density at radius 1 is 0.429 bits per heavy atom. The van der Waals surface area contributed by atoms with Gasteiger partial charge >= 0.3 is 0 Å². The highest BCUT2D eigenvalue weighted by Gasteiger charge is 2.25. The first-order valence-corrected chi connectivity index (χ1v) is 16.5. The molecule has 4 aromatic heterocycles. The zero-order chi connectivity index (χ0) is 32.2. The number of benzene rings is 7. The molecule has 0 fully saturated rings. The first kappa shape index (κ1) is 26.4. The number of hydrogen-bond acceptors (Lipinski definition) is 2. The quantitative estimate of drug-likeness (QED) is 0.183. The van der Waals surface area contributed by atoms with Crippen LogP contribution in [0, 0.1) is 0 Å². The molecule has 0 aliphatic heterocycles. The van der Waals surface area contributed by atoms with E-state index in [1.54, 1.807) is 0 Å². The Hall–Kier alpha value is -6.72. The SMILES string of the molecule is O=c1c2ccccc2c2c3c(cc4nc(-c5ccc6c(c5)c5ccccc5n6-c5ccccc5)n1c42)c1ccccc1n3-c1ccccc1. The Kier molecular flexibility index (Phi) is 5.19. The van der Waals surface area contributed by atoms with Gasteiger partial charge in [0.25, 0.3) is 5.56 Å². The molecule has 5 heteroatoms. The van der Waals surface area contributed by atoms with Crippen molar-refractivity contribution in [2.75, 3.05) is 0 Å². The summed E-state index contributed by atoms with van der Waals surface area (Å²) in [4.78, 5) is 19.9. The third-order valence-corrected chi connectivity index (χ3v) is 10.2. The van der Waals surface area contributed by atoms with Gasteiger partial charge in [0.05, 0.1) is 33.1 Å². The molecular weight excluding hydrogens is 601 g/mol. The van der Waals surface area contributed by atoms with Crippen LogP contribution in [-0.2, 0) is 0 Å². The van der Waals surface area contributed by atoms with Gasteiger partial charge in [0.2, 0.25) is 0 Å². The molecule has 0 amide bonds. The van der Waals surface area contributed by atoms with E-state index in [2.05, 4.69) is 137 Å². The molecular formula is C44H26N4O. The lowest BCUT2D eigenvalue weighted by Crippen LogP contribution is -2.14. The number of hydrogen-bond donors (Lipinski definition) is 0. The van der Waals surface area contributed by atoms with Crippen LogP contribution in [0.5, 0.6) is 0 Å². The Bertz CT molecular complexity index is 3170. The molecule has 0 N–H and O–H groups in total. The van der Waals surface area contributed by atoms with Gasteiger partial charge in [-0.15, -0.1) is 0 Å². The van der Waals surface area contributed by atoms with E-state index in [-0.39, 0.29) is 5.56 Å². The lowest BCUT2D eigenvalue weighted by Gasteiger charge is -2.12. The molecule has 5 nitrogen and oxygen atoms in total. The number of imidazole rings is 1. The average Bonchev–Trinajstić information content (AvgIpc) is 3.82. The molecule has 0 aliphatic rings. The molecule has 0 bridgehead atoms. The molecule has 7 aromatic carbocycles. The van der Waals surface area contributed by atoms with Gasteiger partial charge in [0.15, 0.2) is 0 Å². The molecule has 0 spiro atoms. The van der Waals surface area contributed by atoms with Crippen LogP contribution in [-0.4, -0.2) is 18.5 Å². The highest BCUT2D eigenvalue weighted by atomic mass is 16.1. The summed E-state index contributed by atoms with van der Waals surface area (Å²) in [6.45, 7) is 0. The van der Waals surface area contributed by atoms with Crippen LogP contribution in [0.25, 0.3) is 93.6 Å². The first-order chi connectivity index (χ1) is 24.3. The monoisotopic (exact) mass is 626 g/mol. The van der Waals surface area contributed by atoms with Crippen molar-refractivity contribution in [1.29, 1.82) is 0 Å². The third-order valence-electron chi connectivity index (χ3n) is 10.2. The van der Waals surface area contributed by atoms with Gasteiger partial charge in [0.1, 0.15) is 5.82 Å². The Labute approximate surface area is 279 Å². The summed E-state index contributed by atoms with van der Waals surface area (Å²) in [6.07, 6.45) is 0. The second kappa shape index (κ2) is 9.66. The van der Waals surface area contributed by atoms with Gasteiger partial charge in [0, 0.05) is 49.3 Å². The molecule has 0 unspecified atom stereocenters. The van der Waals surface area contributed by atoms with E-state index < -0.39 is 0 Å². The lowest BCUT2D eigenvalue weighted by atomic mass is 10.0. The zero-order valence-electron chi connectivity index (χ0n) is 26.2. The molecule has 4 heterocycles. The fourth-order valence-electron chi connectivity index (χ4n) is 8.15. The maximum absolute atomic E-state index is 14.6. The second-order valence-electron chi connectivity index (χ2n) is 12.7. The summed E-state index contributed by atoms with van der Waals surface area (Å²) in [5.41, 5.74) is 9.12. The summed E-state index contributed by atoms with van der Waals surface area (Å²) < 4.78 is 6.50. The molecule has 0 aliphatic carbocycles. The van der Waals surface area contributed by atoms with Crippen molar-refractivity contribution in [2.24, 2.45) is 0 Å². The summed E-state index contributed by atoms with van der Waals surface area (Å²) >= 11 is 0. The lowest BCUT2D eigenvalue weighted by molar-refractivity contribution is 1.13. The van der Waals surface area contributed by atoms with Crippen LogP contribution in [0.2, 0.25) is 0 Å². The largest absolute Gasteiger partial charge is 0.309 e. The standard InChI is InChI=1S/C44H26N4O/c49-44-33-20-8-7-19-32(33)40-41-35(31-18-10-12-22-38(31)47(41)29-15-5-2-6-16-29)26-36-42(40)48(44)43(45-36)27-23-24-39-34(25-27)30-17-9-11-21-37(30)46(39)28-13-3-1-4-14-28/h1-26H. The number of nitrogens with zero attached hydrogens (tertiary/aromatic N) is 4. The fraction of sp³-hybridized carbons (Fsp3) is 0. The van der Waals surface area contributed by atoms with Crippen LogP contribution >= 0.6 is 0 Å². The predicted molar refractivity (Wildman–Crippen MR) is 202 cm³/mol. The van der Waals surface area contributed by atoms with Crippen molar-refractivity contribution < 1.29 is 0 Å². The summed E-state index contributed by atoms with van der Waals surface area (Å²) in [5, 5.41) is 7.18. The normalized spacial score (nSPS) is 12.2. The van der Waals surface area contributed by atoms with Crippen molar-refractivity contribution in [3.05, 3.63) is 168 Å². The highest BCUT2D eigenvalue weighted by Crippen LogP contribution is 2.42. The molecule has 0 atom stereocenters. The van der Waals surface area contributed by atoms with Crippen LogP contribution in [0.15, 0.2) is 163 Å². The van der Waals surface area contributed by atoms with Crippen molar-refractivity contribution >= 4 is 70.8 Å². The molecule has 11 aromatic rings. The van der Waals surface area contributed by atoms with Gasteiger partial charge in [-0.1, -0.05) is 91.0 Å². The number of rotatable bonds is 3. The summed E-state index contributed by atoms with van der Waals surface area (Å²) in [7, 11) is 0. The molecule has 0 saturated carbocycles. The third kappa shape index (κ3) is 3.48. The van der Waals surface area contributed by atoms with E-state index in [1.165, 1.54) is 0 Å². The van der Waals surface area contributed by atoms with Crippen molar-refractivity contribution in [1.82, 2.24) is 18.5 Å². The summed E-state index contributed by atoms with van der Waals surface area (Å²) in [6, 6.07) is 54.6. The fourth-order valence-corrected chi connectivity index (χ4v) is 8.15. The van der Waals surface area contributed by atoms with Crippen molar-refractivity contribution in [3.8, 4) is 22.8 Å². The topological polar surface area (TPSA) is 44.2 Å². The maximum Gasteiger partial charge on any atom is 0.264 e. The second-order valence-corrected chi connectivity index (χ2v) is 12.7. The van der Waals surface area contributed by atoms with E-state index in [4.69, 9.17) is 4.98 Å². The molecule has 228 valence electrons. The Morgan fingerprint density at radius 3 is 1.69 bits per heavy atom. The van der Waals surface area contributed by atoms with E-state index in [0.29, 0.717) is 11.2 Å². The zero-order valence-corrected chi connectivity index (χ0v) is 26.2. The number of fused-ring (bicyclic) bond motifs is 9. The van der Waals surface area contributed by atoms with Gasteiger partial charge in [-0.2, -0.15) is 0 Å². The Balaban J connectivity index is 1.30. The first-order valence-electron chi connectivity index (χ1n) is 16.5. The minimum atomic E-state index is -0.0610. The number of para-hydroxylation sites is 4. The predicted octanol–water partition coefficient (Wildman–Crippen LogP) is 10.3. The minimum Gasteiger partial charge on any atom is -0.309 e. The smallest absolute Gasteiger partial charge is 0.264 e. The Morgan fingerprint density at radius 2 is 0.980 bits per heavy atom. The van der Waals surface area contributed by atoms with Crippen LogP contribution in [0.3, 0.4) is 0 Å². The molecule has 11 rings (SSSR count). The van der Waals surface area contributed by atoms with Crippen molar-refractivity contribution in [3.63, 3.8) is 0 Å². The average molecular weight is 627 g/mol. The summed E-state index contributed by atoms with van der Waals surface area (Å²) in [5.74, 6) is 0.650. The van der Waals surface area contributed by atoms with E-state index in [0.717, 1.165) is 82.4 Å². The maximum atomic E-state index is 14.6. The van der Waals surface area contributed by atoms with E-state index >= 15 is 0 Å². The van der Waals surface area contributed by atoms with Crippen molar-refractivity contribution in [2.45, 2.75) is 0 Å². The van der Waals surface area contributed by atoms with Gasteiger partial charge in [-0.05, 0) is 72.1 Å². The van der Waals surface area contributed by atoms with E-state index in [9.17, 15) is 4.79 Å². The molecule has 49 heavy (non-hydrogen) atoms. The van der Waals surface area contributed by atoms with Crippen LogP contribution in [0.1, 0.15) is 0 Å². The minimum absolute atomic E-state index is 0.0610. The highest BCUT2D eigenvalue weighted by molar-refractivity contribution is 6.28. The number of pyridine rings is 1.